The van der Waals surface area contributed by atoms with E-state index in [0.717, 1.165) is 16.8 Å². The number of anilines is 1. The van der Waals surface area contributed by atoms with Gasteiger partial charge in [-0.2, -0.15) is 0 Å². The van der Waals surface area contributed by atoms with Crippen LogP contribution >= 0.6 is 11.8 Å². The zero-order chi connectivity index (χ0) is 17.4. The summed E-state index contributed by atoms with van der Waals surface area (Å²) >= 11 is 1.31. The Morgan fingerprint density at radius 3 is 2.00 bits per heavy atom. The maximum atomic E-state index is 11.8. The van der Waals surface area contributed by atoms with Crippen LogP contribution in [0.5, 0.6) is 0 Å². The molecule has 5 heteroatoms. The van der Waals surface area contributed by atoms with Crippen molar-refractivity contribution in [1.29, 1.82) is 0 Å². The predicted molar refractivity (Wildman–Crippen MR) is 100 cm³/mol. The van der Waals surface area contributed by atoms with Crippen LogP contribution in [0, 0.1) is 13.8 Å². The van der Waals surface area contributed by atoms with E-state index in [1.165, 1.54) is 17.3 Å². The van der Waals surface area contributed by atoms with E-state index in [0.29, 0.717) is 6.54 Å². The number of benzene rings is 2. The van der Waals surface area contributed by atoms with Crippen molar-refractivity contribution >= 4 is 29.3 Å². The molecule has 2 amide bonds. The van der Waals surface area contributed by atoms with Crippen LogP contribution in [0.1, 0.15) is 16.7 Å². The topological polar surface area (TPSA) is 58.2 Å². The van der Waals surface area contributed by atoms with E-state index in [4.69, 9.17) is 0 Å². The van der Waals surface area contributed by atoms with Gasteiger partial charge in [0.2, 0.25) is 11.8 Å². The first-order valence-electron chi connectivity index (χ1n) is 7.79. The Morgan fingerprint density at radius 1 is 0.833 bits per heavy atom. The summed E-state index contributed by atoms with van der Waals surface area (Å²) < 4.78 is 0. The van der Waals surface area contributed by atoms with Crippen LogP contribution in [-0.2, 0) is 16.1 Å². The lowest BCUT2D eigenvalue weighted by atomic mass is 10.1. The maximum Gasteiger partial charge on any atom is 0.234 e. The summed E-state index contributed by atoms with van der Waals surface area (Å²) in [5.74, 6) is 0.359. The Labute approximate surface area is 147 Å². The lowest BCUT2D eigenvalue weighted by Crippen LogP contribution is -2.25. The van der Waals surface area contributed by atoms with Crippen molar-refractivity contribution in [3.05, 3.63) is 65.2 Å². The van der Waals surface area contributed by atoms with E-state index < -0.39 is 0 Å². The lowest BCUT2D eigenvalue weighted by Gasteiger charge is -2.07. The third-order valence-electron chi connectivity index (χ3n) is 3.41. The molecule has 2 aromatic carbocycles. The molecule has 0 aromatic heterocycles. The zero-order valence-electron chi connectivity index (χ0n) is 14.0. The van der Waals surface area contributed by atoms with Gasteiger partial charge in [0.05, 0.1) is 11.5 Å². The maximum absolute atomic E-state index is 11.8. The van der Waals surface area contributed by atoms with E-state index in [2.05, 4.69) is 10.6 Å². The number of aryl methyl sites for hydroxylation is 2. The molecule has 0 aliphatic rings. The van der Waals surface area contributed by atoms with Crippen LogP contribution in [0.15, 0.2) is 48.5 Å². The molecule has 0 heterocycles. The lowest BCUT2D eigenvalue weighted by molar-refractivity contribution is -0.118. The first-order valence-corrected chi connectivity index (χ1v) is 8.95. The number of carbonyl (C=O) groups is 2. The highest BCUT2D eigenvalue weighted by molar-refractivity contribution is 8.00. The number of hydrogen-bond donors (Lipinski definition) is 2. The molecule has 24 heavy (non-hydrogen) atoms. The predicted octanol–water partition coefficient (Wildman–Crippen LogP) is 3.29. The minimum Gasteiger partial charge on any atom is -0.351 e. The van der Waals surface area contributed by atoms with Crippen LogP contribution in [-0.4, -0.2) is 23.3 Å². The molecule has 0 aliphatic carbocycles. The molecule has 2 rings (SSSR count). The van der Waals surface area contributed by atoms with Crippen molar-refractivity contribution in [2.24, 2.45) is 0 Å². The smallest absolute Gasteiger partial charge is 0.234 e. The van der Waals surface area contributed by atoms with Crippen LogP contribution in [0.2, 0.25) is 0 Å². The number of carbonyl (C=O) groups excluding carboxylic acids is 2. The molecular formula is C19H22N2O2S. The van der Waals surface area contributed by atoms with E-state index in [1.807, 2.05) is 62.4 Å². The van der Waals surface area contributed by atoms with Crippen molar-refractivity contribution in [2.75, 3.05) is 16.8 Å². The molecule has 0 saturated carbocycles. The Morgan fingerprint density at radius 2 is 1.38 bits per heavy atom. The second-order valence-corrected chi connectivity index (χ2v) is 6.65. The van der Waals surface area contributed by atoms with Gasteiger partial charge in [0, 0.05) is 12.2 Å². The average molecular weight is 342 g/mol. The van der Waals surface area contributed by atoms with E-state index in [1.54, 1.807) is 0 Å². The number of rotatable bonds is 7. The highest BCUT2D eigenvalue weighted by Gasteiger charge is 2.06. The highest BCUT2D eigenvalue weighted by Crippen LogP contribution is 2.10. The Balaban J connectivity index is 1.63. The fourth-order valence-electron chi connectivity index (χ4n) is 2.03. The highest BCUT2D eigenvalue weighted by atomic mass is 32.2. The molecule has 0 fully saturated rings. The number of amides is 2. The Bertz CT molecular complexity index is 682. The standard InChI is InChI=1S/C19H22N2O2S/c1-14-3-7-16(8-4-14)11-20-18(22)12-24-13-19(23)21-17-9-5-15(2)6-10-17/h3-10H,11-13H2,1-2H3,(H,20,22)(H,21,23). The van der Waals surface area contributed by atoms with E-state index in [-0.39, 0.29) is 23.3 Å². The van der Waals surface area contributed by atoms with Crippen LogP contribution < -0.4 is 10.6 Å². The van der Waals surface area contributed by atoms with Crippen molar-refractivity contribution < 1.29 is 9.59 Å². The van der Waals surface area contributed by atoms with Crippen LogP contribution in [0.3, 0.4) is 0 Å². The molecule has 0 aliphatic heterocycles. The van der Waals surface area contributed by atoms with Gasteiger partial charge >= 0.3 is 0 Å². The SMILES string of the molecule is Cc1ccc(CNC(=O)CSCC(=O)Nc2ccc(C)cc2)cc1. The third-order valence-corrected chi connectivity index (χ3v) is 4.34. The monoisotopic (exact) mass is 342 g/mol. The van der Waals surface area contributed by atoms with Gasteiger partial charge in [-0.3, -0.25) is 9.59 Å². The van der Waals surface area contributed by atoms with Crippen molar-refractivity contribution in [1.82, 2.24) is 5.32 Å². The van der Waals surface area contributed by atoms with Gasteiger partial charge < -0.3 is 10.6 Å². The second kappa shape index (κ2) is 9.13. The average Bonchev–Trinajstić information content (AvgIpc) is 2.56. The molecule has 0 bridgehead atoms. The number of nitrogens with one attached hydrogen (secondary N) is 2. The molecule has 4 nitrogen and oxygen atoms in total. The quantitative estimate of drug-likeness (QED) is 0.812. The summed E-state index contributed by atoms with van der Waals surface area (Å²) in [7, 11) is 0. The normalized spacial score (nSPS) is 10.2. The first kappa shape index (κ1) is 18.1. The fourth-order valence-corrected chi connectivity index (χ4v) is 2.68. The van der Waals surface area contributed by atoms with Crippen molar-refractivity contribution in [3.63, 3.8) is 0 Å². The summed E-state index contributed by atoms with van der Waals surface area (Å²) in [6.45, 7) is 4.53. The zero-order valence-corrected chi connectivity index (χ0v) is 14.8. The van der Waals surface area contributed by atoms with E-state index in [9.17, 15) is 9.59 Å². The first-order chi connectivity index (χ1) is 11.5. The number of hydrogen-bond acceptors (Lipinski definition) is 3. The summed E-state index contributed by atoms with van der Waals surface area (Å²) in [6.07, 6.45) is 0. The Hall–Kier alpha value is -2.27. The van der Waals surface area contributed by atoms with Gasteiger partial charge in [0.1, 0.15) is 0 Å². The summed E-state index contributed by atoms with van der Waals surface area (Å²) in [5.41, 5.74) is 4.18. The fraction of sp³-hybridized carbons (Fsp3) is 0.263. The molecular weight excluding hydrogens is 320 g/mol. The molecule has 126 valence electrons. The molecule has 2 aromatic rings. The van der Waals surface area contributed by atoms with Gasteiger partial charge in [-0.1, -0.05) is 47.5 Å². The van der Waals surface area contributed by atoms with Crippen LogP contribution in [0.25, 0.3) is 0 Å². The molecule has 0 unspecified atom stereocenters. The van der Waals surface area contributed by atoms with Gasteiger partial charge in [-0.15, -0.1) is 11.8 Å². The molecule has 0 radical (unpaired) electrons. The van der Waals surface area contributed by atoms with E-state index >= 15 is 0 Å². The summed E-state index contributed by atoms with van der Waals surface area (Å²) in [6, 6.07) is 15.7. The molecule has 0 spiro atoms. The van der Waals surface area contributed by atoms with Crippen molar-refractivity contribution in [2.45, 2.75) is 20.4 Å². The largest absolute Gasteiger partial charge is 0.351 e. The van der Waals surface area contributed by atoms with Gasteiger partial charge in [-0.25, -0.2) is 0 Å². The summed E-state index contributed by atoms with van der Waals surface area (Å²) in [5, 5.41) is 5.67. The minimum atomic E-state index is -0.102. The van der Waals surface area contributed by atoms with Crippen LogP contribution in [0.4, 0.5) is 5.69 Å². The Kier molecular flexibility index (Phi) is 6.88. The molecule has 2 N–H and O–H groups in total. The third kappa shape index (κ3) is 6.46. The summed E-state index contributed by atoms with van der Waals surface area (Å²) in [4.78, 5) is 23.6. The van der Waals surface area contributed by atoms with Gasteiger partial charge in [-0.05, 0) is 31.5 Å². The minimum absolute atomic E-state index is 0.0660. The van der Waals surface area contributed by atoms with Gasteiger partial charge in [0.15, 0.2) is 0 Å². The van der Waals surface area contributed by atoms with Gasteiger partial charge in [0.25, 0.3) is 0 Å². The van der Waals surface area contributed by atoms with Crippen molar-refractivity contribution in [3.8, 4) is 0 Å². The number of thioether (sulfide) groups is 1. The molecule has 0 saturated heterocycles. The second-order valence-electron chi connectivity index (χ2n) is 5.67. The molecule has 0 atom stereocenters.